The van der Waals surface area contributed by atoms with Crippen molar-refractivity contribution < 1.29 is 13.9 Å². The summed E-state index contributed by atoms with van der Waals surface area (Å²) in [5.74, 6) is -0.335. The lowest BCUT2D eigenvalue weighted by Gasteiger charge is -2.35. The highest BCUT2D eigenvalue weighted by Crippen LogP contribution is 2.23. The number of ether oxygens (including phenoxy) is 1. The summed E-state index contributed by atoms with van der Waals surface area (Å²) >= 11 is 1.46. The molecule has 6 nitrogen and oxygen atoms in total. The van der Waals surface area contributed by atoms with E-state index in [2.05, 4.69) is 9.88 Å². The lowest BCUT2D eigenvalue weighted by Crippen LogP contribution is -2.50. The van der Waals surface area contributed by atoms with Crippen molar-refractivity contribution >= 4 is 17.7 Å². The molecule has 4 rings (SSSR count). The maximum atomic E-state index is 13.3. The molecule has 1 amide bonds. The van der Waals surface area contributed by atoms with Gasteiger partial charge >= 0.3 is 0 Å². The molecular formula is C20H25FN4O2S. The topological polar surface area (TPSA) is 50.6 Å². The van der Waals surface area contributed by atoms with Gasteiger partial charge in [-0.25, -0.2) is 9.37 Å². The van der Waals surface area contributed by atoms with Crippen molar-refractivity contribution in [3.8, 4) is 5.69 Å². The van der Waals surface area contributed by atoms with Crippen molar-refractivity contribution in [1.29, 1.82) is 0 Å². The number of imidazole rings is 1. The summed E-state index contributed by atoms with van der Waals surface area (Å²) in [4.78, 5) is 21.8. The van der Waals surface area contributed by atoms with E-state index >= 15 is 0 Å². The first-order valence-electron chi connectivity index (χ1n) is 9.66. The molecule has 0 saturated carbocycles. The Morgan fingerprint density at radius 2 is 2.00 bits per heavy atom. The molecule has 3 heterocycles. The quantitative estimate of drug-likeness (QED) is 0.717. The van der Waals surface area contributed by atoms with Crippen molar-refractivity contribution in [3.63, 3.8) is 0 Å². The van der Waals surface area contributed by atoms with Gasteiger partial charge in [0.1, 0.15) is 11.5 Å². The minimum absolute atomic E-state index is 0.0334. The lowest BCUT2D eigenvalue weighted by molar-refractivity contribution is 0.0428. The molecule has 150 valence electrons. The highest BCUT2D eigenvalue weighted by atomic mass is 32.2. The highest BCUT2D eigenvalue weighted by molar-refractivity contribution is 7.98. The van der Waals surface area contributed by atoms with E-state index in [0.29, 0.717) is 30.0 Å². The number of halogens is 1. The van der Waals surface area contributed by atoms with Gasteiger partial charge in [-0.3, -0.25) is 14.3 Å². The molecule has 1 atom stereocenters. The zero-order valence-electron chi connectivity index (χ0n) is 16.0. The van der Waals surface area contributed by atoms with Gasteiger partial charge in [0, 0.05) is 45.0 Å². The Morgan fingerprint density at radius 3 is 2.64 bits per heavy atom. The molecule has 8 heteroatoms. The predicted molar refractivity (Wildman–Crippen MR) is 107 cm³/mol. The molecule has 1 aromatic carbocycles. The standard InChI is InChI=1S/C20H25FN4O2S/c1-28-20-22-13-18(25(20)16-6-4-15(21)5-7-16)19(26)24-10-8-23(9-11-24)14-17-3-2-12-27-17/h4-7,13,17H,2-3,8-12,14H2,1H3. The van der Waals surface area contributed by atoms with E-state index in [1.165, 1.54) is 23.9 Å². The summed E-state index contributed by atoms with van der Waals surface area (Å²) < 4.78 is 20.9. The van der Waals surface area contributed by atoms with Crippen LogP contribution in [-0.4, -0.2) is 76.9 Å². The third kappa shape index (κ3) is 4.09. The van der Waals surface area contributed by atoms with Crippen LogP contribution in [0.25, 0.3) is 5.69 Å². The van der Waals surface area contributed by atoms with Gasteiger partial charge in [-0.15, -0.1) is 0 Å². The fourth-order valence-electron chi connectivity index (χ4n) is 3.84. The Bertz CT molecular complexity index is 812. The summed E-state index contributed by atoms with van der Waals surface area (Å²) in [6.45, 7) is 4.90. The second kappa shape index (κ2) is 8.63. The fraction of sp³-hybridized carbons (Fsp3) is 0.500. The minimum Gasteiger partial charge on any atom is -0.377 e. The van der Waals surface area contributed by atoms with Crippen LogP contribution in [0.1, 0.15) is 23.3 Å². The Balaban J connectivity index is 1.46. The zero-order valence-corrected chi connectivity index (χ0v) is 16.8. The van der Waals surface area contributed by atoms with Crippen LogP contribution in [0.15, 0.2) is 35.6 Å². The predicted octanol–water partition coefficient (Wildman–Crippen LogP) is 2.67. The molecule has 28 heavy (non-hydrogen) atoms. The van der Waals surface area contributed by atoms with Crippen LogP contribution in [0.3, 0.4) is 0 Å². The van der Waals surface area contributed by atoms with Gasteiger partial charge in [0.25, 0.3) is 5.91 Å². The number of hydrogen-bond donors (Lipinski definition) is 0. The van der Waals surface area contributed by atoms with Crippen LogP contribution in [0.5, 0.6) is 0 Å². The van der Waals surface area contributed by atoms with Gasteiger partial charge in [0.2, 0.25) is 0 Å². The highest BCUT2D eigenvalue weighted by Gasteiger charge is 2.28. The molecular weight excluding hydrogens is 379 g/mol. The van der Waals surface area contributed by atoms with E-state index in [1.54, 1.807) is 18.3 Å². The fourth-order valence-corrected chi connectivity index (χ4v) is 4.39. The van der Waals surface area contributed by atoms with Gasteiger partial charge in [0.05, 0.1) is 12.3 Å². The number of carbonyl (C=O) groups is 1. The Kier molecular flexibility index (Phi) is 5.99. The molecule has 2 saturated heterocycles. The van der Waals surface area contributed by atoms with Gasteiger partial charge in [-0.05, 0) is 43.4 Å². The zero-order chi connectivity index (χ0) is 19.5. The average molecular weight is 405 g/mol. The van der Waals surface area contributed by atoms with E-state index in [4.69, 9.17) is 4.74 Å². The van der Waals surface area contributed by atoms with E-state index in [1.807, 2.05) is 15.7 Å². The first-order valence-corrected chi connectivity index (χ1v) is 10.9. The number of benzene rings is 1. The van der Waals surface area contributed by atoms with Crippen molar-refractivity contribution in [2.24, 2.45) is 0 Å². The van der Waals surface area contributed by atoms with Gasteiger partial charge < -0.3 is 9.64 Å². The number of carbonyl (C=O) groups excluding carboxylic acids is 1. The number of hydrogen-bond acceptors (Lipinski definition) is 5. The molecule has 2 fully saturated rings. The van der Waals surface area contributed by atoms with Crippen LogP contribution in [-0.2, 0) is 4.74 Å². The summed E-state index contributed by atoms with van der Waals surface area (Å²) in [6, 6.07) is 6.15. The normalized spacial score (nSPS) is 20.6. The van der Waals surface area contributed by atoms with Crippen LogP contribution in [0.2, 0.25) is 0 Å². The molecule has 0 radical (unpaired) electrons. The smallest absolute Gasteiger partial charge is 0.272 e. The van der Waals surface area contributed by atoms with Crippen molar-refractivity contribution in [3.05, 3.63) is 42.0 Å². The van der Waals surface area contributed by atoms with Crippen molar-refractivity contribution in [2.45, 2.75) is 24.1 Å². The van der Waals surface area contributed by atoms with Gasteiger partial charge in [-0.2, -0.15) is 0 Å². The molecule has 2 aliphatic rings. The molecule has 1 aromatic heterocycles. The van der Waals surface area contributed by atoms with E-state index in [-0.39, 0.29) is 11.7 Å². The van der Waals surface area contributed by atoms with E-state index < -0.39 is 0 Å². The minimum atomic E-state index is -0.301. The van der Waals surface area contributed by atoms with Gasteiger partial charge in [0.15, 0.2) is 5.16 Å². The third-order valence-corrected chi connectivity index (χ3v) is 6.01. The second-order valence-electron chi connectivity index (χ2n) is 7.17. The summed E-state index contributed by atoms with van der Waals surface area (Å²) in [6.07, 6.45) is 6.16. The van der Waals surface area contributed by atoms with Crippen molar-refractivity contribution in [2.75, 3.05) is 45.6 Å². The van der Waals surface area contributed by atoms with Gasteiger partial charge in [-0.1, -0.05) is 11.8 Å². The lowest BCUT2D eigenvalue weighted by atomic mass is 10.2. The Morgan fingerprint density at radius 1 is 1.25 bits per heavy atom. The monoisotopic (exact) mass is 404 g/mol. The largest absolute Gasteiger partial charge is 0.377 e. The number of amides is 1. The second-order valence-corrected chi connectivity index (χ2v) is 7.94. The summed E-state index contributed by atoms with van der Waals surface area (Å²) in [7, 11) is 0. The SMILES string of the molecule is CSc1ncc(C(=O)N2CCN(CC3CCCO3)CC2)n1-c1ccc(F)cc1. The number of piperazine rings is 1. The number of nitrogens with zero attached hydrogens (tertiary/aromatic N) is 4. The molecule has 2 aromatic rings. The van der Waals surface area contributed by atoms with Crippen LogP contribution < -0.4 is 0 Å². The molecule has 2 aliphatic heterocycles. The first kappa shape index (κ1) is 19.4. The number of aromatic nitrogens is 2. The molecule has 0 N–H and O–H groups in total. The number of rotatable bonds is 5. The first-order chi connectivity index (χ1) is 13.7. The summed E-state index contributed by atoms with van der Waals surface area (Å²) in [5, 5.41) is 0.715. The summed E-state index contributed by atoms with van der Waals surface area (Å²) in [5.41, 5.74) is 1.26. The third-order valence-electron chi connectivity index (χ3n) is 5.36. The molecule has 0 bridgehead atoms. The molecule has 1 unspecified atom stereocenters. The Labute approximate surface area is 168 Å². The number of thioether (sulfide) groups is 1. The van der Waals surface area contributed by atoms with E-state index in [0.717, 1.165) is 44.8 Å². The Hall–Kier alpha value is -1.90. The average Bonchev–Trinajstić information content (AvgIpc) is 3.38. The van der Waals surface area contributed by atoms with Crippen LogP contribution in [0.4, 0.5) is 4.39 Å². The molecule has 0 aliphatic carbocycles. The van der Waals surface area contributed by atoms with Crippen LogP contribution >= 0.6 is 11.8 Å². The van der Waals surface area contributed by atoms with E-state index in [9.17, 15) is 9.18 Å². The van der Waals surface area contributed by atoms with Crippen LogP contribution in [0, 0.1) is 5.82 Å². The molecule has 0 spiro atoms. The maximum absolute atomic E-state index is 13.3. The maximum Gasteiger partial charge on any atom is 0.272 e. The van der Waals surface area contributed by atoms with Crippen molar-refractivity contribution in [1.82, 2.24) is 19.4 Å².